The van der Waals surface area contributed by atoms with E-state index in [-0.39, 0.29) is 34.5 Å². The predicted molar refractivity (Wildman–Crippen MR) is 136 cm³/mol. The van der Waals surface area contributed by atoms with Crippen molar-refractivity contribution in [3.8, 4) is 17.2 Å². The third-order valence-corrected chi connectivity index (χ3v) is 6.60. The second-order valence-electron chi connectivity index (χ2n) is 8.98. The van der Waals surface area contributed by atoms with Crippen LogP contribution in [0.5, 0.6) is 5.75 Å². The van der Waals surface area contributed by atoms with Crippen LogP contribution in [0, 0.1) is 0 Å². The van der Waals surface area contributed by atoms with Crippen molar-refractivity contribution < 1.29 is 27.1 Å². The van der Waals surface area contributed by atoms with Gasteiger partial charge < -0.3 is 24.7 Å². The van der Waals surface area contributed by atoms with Gasteiger partial charge in [-0.2, -0.15) is 13.2 Å². The number of aromatic nitrogens is 4. The monoisotopic (exact) mass is 541 g/mol. The molecule has 2 N–H and O–H groups in total. The minimum atomic E-state index is -4.63. The predicted octanol–water partition coefficient (Wildman–Crippen LogP) is 4.08. The molecule has 0 aliphatic carbocycles. The minimum Gasteiger partial charge on any atom is -0.494 e. The van der Waals surface area contributed by atoms with Crippen molar-refractivity contribution in [3.05, 3.63) is 59.9 Å². The maximum atomic E-state index is 13.6. The van der Waals surface area contributed by atoms with Crippen molar-refractivity contribution in [3.63, 3.8) is 0 Å². The molecule has 13 heteroatoms. The fraction of sp³-hybridized carbons (Fsp3) is 0.346. The highest BCUT2D eigenvalue weighted by Crippen LogP contribution is 2.37. The topological polar surface area (TPSA) is 124 Å². The van der Waals surface area contributed by atoms with Gasteiger partial charge in [-0.25, -0.2) is 19.9 Å². The van der Waals surface area contributed by atoms with Crippen molar-refractivity contribution in [2.75, 3.05) is 38.2 Å². The van der Waals surface area contributed by atoms with Crippen molar-refractivity contribution in [2.24, 2.45) is 5.73 Å². The summed E-state index contributed by atoms with van der Waals surface area (Å²) in [6.45, 7) is 3.74. The van der Waals surface area contributed by atoms with Crippen LogP contribution in [0.2, 0.25) is 0 Å². The normalized spacial score (nSPS) is 15.0. The van der Waals surface area contributed by atoms with Crippen LogP contribution < -0.4 is 15.4 Å². The maximum absolute atomic E-state index is 13.6. The molecule has 4 aromatic rings. The zero-order valence-corrected chi connectivity index (χ0v) is 21.3. The Morgan fingerprint density at radius 2 is 1.82 bits per heavy atom. The van der Waals surface area contributed by atoms with Gasteiger partial charge in [-0.05, 0) is 36.8 Å². The van der Waals surface area contributed by atoms with Gasteiger partial charge in [0.15, 0.2) is 11.5 Å². The first-order valence-corrected chi connectivity index (χ1v) is 12.3. The number of nitrogens with zero attached hydrogens (tertiary/aromatic N) is 6. The van der Waals surface area contributed by atoms with Gasteiger partial charge in [0.25, 0.3) is 5.91 Å². The van der Waals surface area contributed by atoms with Crippen molar-refractivity contribution in [1.82, 2.24) is 24.8 Å². The molecule has 0 unspecified atom stereocenters. The van der Waals surface area contributed by atoms with Crippen LogP contribution in [0.3, 0.4) is 0 Å². The van der Waals surface area contributed by atoms with Crippen molar-refractivity contribution in [2.45, 2.75) is 25.6 Å². The second kappa shape index (κ2) is 10.5. The SMILES string of the molecule is CC[C@H](N)c1oc(-c2ccc(OC)c3nc(C(F)(F)F)ccc23)nc1C(=O)N1CCN(c2ncccn2)CC1. The number of piperazine rings is 1. The number of rotatable bonds is 6. The van der Waals surface area contributed by atoms with Gasteiger partial charge in [0.2, 0.25) is 11.8 Å². The molecule has 1 fully saturated rings. The molecule has 0 radical (unpaired) electrons. The Bertz CT molecular complexity index is 1490. The van der Waals surface area contributed by atoms with Crippen LogP contribution in [0.25, 0.3) is 22.4 Å². The summed E-state index contributed by atoms with van der Waals surface area (Å²) in [5, 5.41) is 0.329. The summed E-state index contributed by atoms with van der Waals surface area (Å²) >= 11 is 0. The van der Waals surface area contributed by atoms with E-state index in [1.807, 2.05) is 11.8 Å². The minimum absolute atomic E-state index is 0.00325. The molecule has 1 aliphatic heterocycles. The number of anilines is 1. The van der Waals surface area contributed by atoms with Gasteiger partial charge in [-0.3, -0.25) is 4.79 Å². The molecular weight excluding hydrogens is 515 g/mol. The lowest BCUT2D eigenvalue weighted by molar-refractivity contribution is -0.140. The number of alkyl halides is 3. The lowest BCUT2D eigenvalue weighted by atomic mass is 10.1. The van der Waals surface area contributed by atoms with Gasteiger partial charge in [-0.1, -0.05) is 6.92 Å². The third kappa shape index (κ3) is 5.09. The molecule has 204 valence electrons. The van der Waals surface area contributed by atoms with Crippen LogP contribution in [-0.2, 0) is 6.18 Å². The number of ether oxygens (including phenoxy) is 1. The van der Waals surface area contributed by atoms with Gasteiger partial charge in [-0.15, -0.1) is 0 Å². The molecule has 0 saturated carbocycles. The zero-order chi connectivity index (χ0) is 27.7. The molecule has 4 heterocycles. The van der Waals surface area contributed by atoms with E-state index >= 15 is 0 Å². The fourth-order valence-corrected chi connectivity index (χ4v) is 4.45. The summed E-state index contributed by atoms with van der Waals surface area (Å²) in [6, 6.07) is 6.40. The number of hydrogen-bond acceptors (Lipinski definition) is 9. The number of pyridine rings is 1. The van der Waals surface area contributed by atoms with Crippen LogP contribution in [0.15, 0.2) is 47.1 Å². The van der Waals surface area contributed by atoms with E-state index in [9.17, 15) is 18.0 Å². The second-order valence-corrected chi connectivity index (χ2v) is 8.98. The van der Waals surface area contributed by atoms with Crippen molar-refractivity contribution in [1.29, 1.82) is 0 Å². The highest BCUT2D eigenvalue weighted by molar-refractivity contribution is 5.98. The van der Waals surface area contributed by atoms with Crippen LogP contribution in [0.1, 0.15) is 41.3 Å². The van der Waals surface area contributed by atoms with Crippen molar-refractivity contribution >= 4 is 22.8 Å². The van der Waals surface area contributed by atoms with Crippen LogP contribution >= 0.6 is 0 Å². The summed E-state index contributed by atoms with van der Waals surface area (Å²) in [6.07, 6.45) is -0.821. The fourth-order valence-electron chi connectivity index (χ4n) is 4.45. The molecule has 5 rings (SSSR count). The van der Waals surface area contributed by atoms with Crippen LogP contribution in [-0.4, -0.2) is 64.0 Å². The number of carbonyl (C=O) groups excluding carboxylic acids is 1. The third-order valence-electron chi connectivity index (χ3n) is 6.60. The van der Waals surface area contributed by atoms with E-state index in [0.29, 0.717) is 49.5 Å². The molecule has 0 bridgehead atoms. The molecule has 1 aliphatic rings. The summed E-state index contributed by atoms with van der Waals surface area (Å²) in [7, 11) is 1.35. The Hall–Kier alpha value is -4.26. The largest absolute Gasteiger partial charge is 0.494 e. The summed E-state index contributed by atoms with van der Waals surface area (Å²) < 4.78 is 51.3. The smallest absolute Gasteiger partial charge is 0.433 e. The molecular formula is C26H26F3N7O3. The van der Waals surface area contributed by atoms with Crippen LogP contribution in [0.4, 0.5) is 19.1 Å². The number of amides is 1. The number of benzene rings is 1. The van der Waals surface area contributed by atoms with Gasteiger partial charge in [0.1, 0.15) is 17.0 Å². The number of methoxy groups -OCH3 is 1. The molecule has 1 atom stereocenters. The molecule has 3 aromatic heterocycles. The van der Waals surface area contributed by atoms with E-state index < -0.39 is 17.9 Å². The molecule has 1 saturated heterocycles. The maximum Gasteiger partial charge on any atom is 0.433 e. The molecule has 1 aromatic carbocycles. The Balaban J connectivity index is 1.50. The van der Waals surface area contributed by atoms with Gasteiger partial charge in [0.05, 0.1) is 13.2 Å². The van der Waals surface area contributed by atoms with E-state index in [4.69, 9.17) is 14.9 Å². The average Bonchev–Trinajstić information content (AvgIpc) is 3.41. The number of nitrogens with two attached hydrogens (primary N) is 1. The number of carbonyl (C=O) groups is 1. The van der Waals surface area contributed by atoms with Gasteiger partial charge >= 0.3 is 6.18 Å². The molecule has 10 nitrogen and oxygen atoms in total. The first kappa shape index (κ1) is 26.4. The number of fused-ring (bicyclic) bond motifs is 1. The average molecular weight is 542 g/mol. The Morgan fingerprint density at radius 1 is 1.10 bits per heavy atom. The lowest BCUT2D eigenvalue weighted by Crippen LogP contribution is -2.49. The Labute approximate surface area is 221 Å². The number of hydrogen-bond donors (Lipinski definition) is 1. The number of halogens is 3. The molecule has 39 heavy (non-hydrogen) atoms. The van der Waals surface area contributed by atoms with Gasteiger partial charge in [0, 0.05) is 49.5 Å². The summed E-state index contributed by atoms with van der Waals surface area (Å²) in [4.78, 5) is 34.1. The quantitative estimate of drug-likeness (QED) is 0.385. The highest BCUT2D eigenvalue weighted by Gasteiger charge is 2.34. The number of oxazole rings is 1. The highest BCUT2D eigenvalue weighted by atomic mass is 19.4. The first-order valence-electron chi connectivity index (χ1n) is 12.3. The summed E-state index contributed by atoms with van der Waals surface area (Å²) in [5.74, 6) is 0.690. The Kier molecular flexibility index (Phi) is 7.08. The lowest BCUT2D eigenvalue weighted by Gasteiger charge is -2.34. The zero-order valence-electron chi connectivity index (χ0n) is 21.3. The standard InChI is InChI=1S/C26H26F3N7O3/c1-3-17(30)22-21(24(37)35-11-13-36(14-12-35)25-31-9-4-10-32-25)34-23(39-22)16-5-7-18(38-2)20-15(16)6-8-19(33-20)26(27,28)29/h4-10,17H,3,11-14,30H2,1-2H3/t17-/m0/s1. The molecule has 0 spiro atoms. The summed E-state index contributed by atoms with van der Waals surface area (Å²) in [5.41, 5.74) is 5.67. The Morgan fingerprint density at radius 3 is 2.46 bits per heavy atom. The van der Waals surface area contributed by atoms with E-state index in [1.54, 1.807) is 29.4 Å². The van der Waals surface area contributed by atoms with E-state index in [0.717, 1.165) is 6.07 Å². The van der Waals surface area contributed by atoms with E-state index in [2.05, 4.69) is 19.9 Å². The molecule has 1 amide bonds. The van der Waals surface area contributed by atoms with E-state index in [1.165, 1.54) is 19.2 Å². The first-order chi connectivity index (χ1) is 18.7.